The van der Waals surface area contributed by atoms with Gasteiger partial charge in [-0.25, -0.2) is 4.79 Å². The fourth-order valence-corrected chi connectivity index (χ4v) is 3.59. The van der Waals surface area contributed by atoms with Gasteiger partial charge < -0.3 is 14.9 Å². The summed E-state index contributed by atoms with van der Waals surface area (Å²) in [5, 5.41) is 18.3. The lowest BCUT2D eigenvalue weighted by Crippen LogP contribution is -2.29. The predicted octanol–water partition coefficient (Wildman–Crippen LogP) is 3.86. The van der Waals surface area contributed by atoms with Crippen LogP contribution >= 0.6 is 23.2 Å². The van der Waals surface area contributed by atoms with E-state index in [1.807, 2.05) is 0 Å². The maximum atomic E-state index is 13.0. The van der Waals surface area contributed by atoms with Gasteiger partial charge in [-0.1, -0.05) is 35.3 Å². The number of ether oxygens (including phenoxy) is 1. The lowest BCUT2D eigenvalue weighted by atomic mass is 9.79. The number of hydrogen-bond donors (Lipinski definition) is 2. The zero-order valence-corrected chi connectivity index (χ0v) is 14.7. The van der Waals surface area contributed by atoms with Crippen LogP contribution in [0.25, 0.3) is 0 Å². The first-order chi connectivity index (χ1) is 11.7. The summed E-state index contributed by atoms with van der Waals surface area (Å²) in [6.45, 7) is 1.24. The first-order valence-electron chi connectivity index (χ1n) is 7.44. The molecule has 2 aromatic rings. The second kappa shape index (κ2) is 6.24. The maximum Gasteiger partial charge on any atom is 0.341 e. The normalized spacial score (nSPS) is 18.9. The fraction of sp³-hybridized carbons (Fsp3) is 0.222. The van der Waals surface area contributed by atoms with Gasteiger partial charge in [-0.05, 0) is 42.7 Å². The van der Waals surface area contributed by atoms with Crippen molar-refractivity contribution in [2.24, 2.45) is 0 Å². The third kappa shape index (κ3) is 2.94. The lowest BCUT2D eigenvalue weighted by molar-refractivity contribution is -0.139. The molecule has 0 saturated heterocycles. The number of aromatic hydroxyl groups is 1. The number of ketones is 1. The van der Waals surface area contributed by atoms with Crippen LogP contribution in [-0.4, -0.2) is 28.6 Å². The van der Waals surface area contributed by atoms with Gasteiger partial charge in [0, 0.05) is 5.56 Å². The van der Waals surface area contributed by atoms with Crippen molar-refractivity contribution >= 4 is 35.0 Å². The molecule has 1 unspecified atom stereocenters. The first-order valence-corrected chi connectivity index (χ1v) is 8.19. The lowest BCUT2D eigenvalue weighted by Gasteiger charge is -2.22. The number of phenols is 1. The number of aliphatic carboxylic acids is 1. The molecule has 1 atom stereocenters. The number of benzene rings is 2. The third-order valence-electron chi connectivity index (χ3n) is 4.38. The smallest absolute Gasteiger partial charge is 0.341 e. The van der Waals surface area contributed by atoms with Crippen LogP contribution < -0.4 is 4.74 Å². The number of fused-ring (bicyclic) bond motifs is 1. The molecule has 0 amide bonds. The Morgan fingerprint density at radius 1 is 1.24 bits per heavy atom. The Balaban J connectivity index is 2.04. The minimum absolute atomic E-state index is 0.0185. The number of Topliss-reactive ketones (excluding diaryl/α,β-unsaturated/α-hetero) is 1. The van der Waals surface area contributed by atoms with Crippen molar-refractivity contribution in [1.82, 2.24) is 0 Å². The number of carboxylic acid groups (broad SMARTS) is 1. The molecule has 5 nitrogen and oxygen atoms in total. The van der Waals surface area contributed by atoms with E-state index >= 15 is 0 Å². The summed E-state index contributed by atoms with van der Waals surface area (Å²) in [6.07, 6.45) is 0.367. The molecule has 2 aromatic carbocycles. The average molecular weight is 381 g/mol. The van der Waals surface area contributed by atoms with E-state index in [2.05, 4.69) is 0 Å². The van der Waals surface area contributed by atoms with E-state index in [1.54, 1.807) is 25.1 Å². The molecule has 0 aliphatic heterocycles. The summed E-state index contributed by atoms with van der Waals surface area (Å²) >= 11 is 12.4. The van der Waals surface area contributed by atoms with Gasteiger partial charge in [-0.15, -0.1) is 0 Å². The third-order valence-corrected chi connectivity index (χ3v) is 5.23. The van der Waals surface area contributed by atoms with Gasteiger partial charge in [0.2, 0.25) is 0 Å². The quantitative estimate of drug-likeness (QED) is 0.840. The number of carbonyl (C=O) groups excluding carboxylic acids is 1. The minimum Gasteiger partial charge on any atom is -0.508 e. The number of carbonyl (C=O) groups is 2. The van der Waals surface area contributed by atoms with Gasteiger partial charge in [0.25, 0.3) is 0 Å². The Bertz CT molecular complexity index is 876. The molecule has 0 radical (unpaired) electrons. The molecule has 7 heteroatoms. The monoisotopic (exact) mass is 380 g/mol. The average Bonchev–Trinajstić information content (AvgIpc) is 2.82. The van der Waals surface area contributed by atoms with Crippen molar-refractivity contribution in [1.29, 1.82) is 0 Å². The summed E-state index contributed by atoms with van der Waals surface area (Å²) in [5.41, 5.74) is 0.862. The van der Waals surface area contributed by atoms with Gasteiger partial charge in [0.05, 0.1) is 10.4 Å². The van der Waals surface area contributed by atoms with Crippen molar-refractivity contribution < 1.29 is 24.5 Å². The molecule has 0 spiro atoms. The fourth-order valence-electron chi connectivity index (χ4n) is 3.08. The van der Waals surface area contributed by atoms with Gasteiger partial charge in [0.1, 0.15) is 16.5 Å². The highest BCUT2D eigenvalue weighted by atomic mass is 35.5. The van der Waals surface area contributed by atoms with Gasteiger partial charge >= 0.3 is 5.97 Å². The first kappa shape index (κ1) is 17.6. The number of rotatable bonds is 4. The van der Waals surface area contributed by atoms with Crippen molar-refractivity contribution in [3.05, 3.63) is 57.1 Å². The molecule has 1 aliphatic rings. The molecule has 0 heterocycles. The molecule has 0 bridgehead atoms. The van der Waals surface area contributed by atoms with Gasteiger partial charge in [-0.2, -0.15) is 0 Å². The highest BCUT2D eigenvalue weighted by molar-refractivity contribution is 6.45. The van der Waals surface area contributed by atoms with Crippen LogP contribution in [0.5, 0.6) is 11.5 Å². The van der Waals surface area contributed by atoms with E-state index in [-0.39, 0.29) is 27.3 Å². The highest BCUT2D eigenvalue weighted by Crippen LogP contribution is 2.47. The van der Waals surface area contributed by atoms with Crippen LogP contribution in [-0.2, 0) is 16.6 Å². The summed E-state index contributed by atoms with van der Waals surface area (Å²) in [7, 11) is 0. The molecule has 2 N–H and O–H groups in total. The second-order valence-electron chi connectivity index (χ2n) is 6.10. The number of hydrogen-bond acceptors (Lipinski definition) is 4. The van der Waals surface area contributed by atoms with E-state index < -0.39 is 18.0 Å². The molecular formula is C18H14Cl2O5. The molecular weight excluding hydrogens is 367 g/mol. The second-order valence-corrected chi connectivity index (χ2v) is 6.86. The molecule has 0 fully saturated rings. The molecule has 130 valence electrons. The zero-order chi connectivity index (χ0) is 18.4. The van der Waals surface area contributed by atoms with Crippen LogP contribution in [0.1, 0.15) is 28.4 Å². The van der Waals surface area contributed by atoms with Gasteiger partial charge in [0.15, 0.2) is 12.4 Å². The Labute approximate surface area is 153 Å². The summed E-state index contributed by atoms with van der Waals surface area (Å²) < 4.78 is 5.17. The van der Waals surface area contributed by atoms with E-state index in [0.29, 0.717) is 17.5 Å². The topological polar surface area (TPSA) is 83.8 Å². The largest absolute Gasteiger partial charge is 0.508 e. The van der Waals surface area contributed by atoms with Crippen molar-refractivity contribution in [3.63, 3.8) is 0 Å². The predicted molar refractivity (Wildman–Crippen MR) is 93.1 cm³/mol. The van der Waals surface area contributed by atoms with E-state index in [0.717, 1.165) is 5.56 Å². The Morgan fingerprint density at radius 3 is 2.48 bits per heavy atom. The Kier molecular flexibility index (Phi) is 4.39. The van der Waals surface area contributed by atoms with E-state index in [4.69, 9.17) is 33.0 Å². The van der Waals surface area contributed by atoms with Crippen LogP contribution in [0.4, 0.5) is 0 Å². The van der Waals surface area contributed by atoms with Crippen LogP contribution in [0.15, 0.2) is 30.3 Å². The van der Waals surface area contributed by atoms with Gasteiger partial charge in [-0.3, -0.25) is 4.79 Å². The minimum atomic E-state index is -1.14. The van der Waals surface area contributed by atoms with E-state index in [9.17, 15) is 14.7 Å². The molecule has 0 saturated carbocycles. The summed E-state index contributed by atoms with van der Waals surface area (Å²) in [4.78, 5) is 23.7. The molecule has 3 rings (SSSR count). The zero-order valence-electron chi connectivity index (χ0n) is 13.2. The standard InChI is InChI=1S/C18H14Cl2O5/c1-18(10-2-4-11(21)5-3-10)7-9-6-12(25-8-13(22)23)15(19)16(20)14(9)17(18)24/h2-6,21H,7-8H2,1H3,(H,22,23). The SMILES string of the molecule is CC1(c2ccc(O)cc2)Cc2cc(OCC(=O)O)c(Cl)c(Cl)c2C1=O. The summed E-state index contributed by atoms with van der Waals surface area (Å²) in [6, 6.07) is 7.99. The van der Waals surface area contributed by atoms with Crippen LogP contribution in [0.2, 0.25) is 10.0 Å². The Morgan fingerprint density at radius 2 is 1.88 bits per heavy atom. The number of phenolic OH excluding ortho intramolecular Hbond substituents is 1. The molecule has 25 heavy (non-hydrogen) atoms. The Hall–Kier alpha value is -2.24. The van der Waals surface area contributed by atoms with E-state index in [1.165, 1.54) is 12.1 Å². The van der Waals surface area contributed by atoms with Crippen LogP contribution in [0, 0.1) is 0 Å². The number of carboxylic acids is 1. The van der Waals surface area contributed by atoms with Crippen molar-refractivity contribution in [2.45, 2.75) is 18.8 Å². The van der Waals surface area contributed by atoms with Crippen molar-refractivity contribution in [3.8, 4) is 11.5 Å². The molecule has 0 aromatic heterocycles. The van der Waals surface area contributed by atoms with Crippen LogP contribution in [0.3, 0.4) is 0 Å². The maximum absolute atomic E-state index is 13.0. The highest BCUT2D eigenvalue weighted by Gasteiger charge is 2.45. The number of halogens is 2. The van der Waals surface area contributed by atoms with Crippen molar-refractivity contribution in [2.75, 3.05) is 6.61 Å². The summed E-state index contributed by atoms with van der Waals surface area (Å²) in [5.74, 6) is -1.07. The molecule has 1 aliphatic carbocycles.